The second-order valence-corrected chi connectivity index (χ2v) is 10.6. The second kappa shape index (κ2) is 9.33. The second-order valence-electron chi connectivity index (χ2n) is 7.86. The van der Waals surface area contributed by atoms with Crippen LogP contribution in [0.4, 0.5) is 0 Å². The largest absolute Gasteiger partial charge is 0.744 e. The number of H-pyrrole nitrogens is 2. The lowest BCUT2D eigenvalue weighted by Gasteiger charge is -2.07. The lowest BCUT2D eigenvalue weighted by Crippen LogP contribution is -2.33. The minimum absolute atomic E-state index is 0.180. The molecule has 0 unspecified atom stereocenters. The van der Waals surface area contributed by atoms with Crippen LogP contribution in [0.15, 0.2) is 74.0 Å². The van der Waals surface area contributed by atoms with Gasteiger partial charge in [-0.25, -0.2) is 26.2 Å². The Hall–Kier alpha value is -4.24. The summed E-state index contributed by atoms with van der Waals surface area (Å²) in [6.07, 6.45) is 4.40. The van der Waals surface area contributed by atoms with Crippen LogP contribution in [-0.4, -0.2) is 45.5 Å². The molecule has 0 bridgehead atoms. The summed E-state index contributed by atoms with van der Waals surface area (Å²) < 4.78 is 69.0. The summed E-state index contributed by atoms with van der Waals surface area (Å²) in [5, 5.41) is 6.06. The summed E-state index contributed by atoms with van der Waals surface area (Å²) in [4.78, 5) is 24.9. The Balaban J connectivity index is 1.66. The fraction of sp³-hybridized carbons (Fsp3) is 0.0435. The van der Waals surface area contributed by atoms with Gasteiger partial charge in [0.2, 0.25) is 0 Å². The van der Waals surface area contributed by atoms with Crippen molar-refractivity contribution in [1.29, 1.82) is 0 Å². The van der Waals surface area contributed by atoms with E-state index in [4.69, 9.17) is 0 Å². The van der Waals surface area contributed by atoms with Crippen molar-refractivity contribution >= 4 is 39.0 Å². The Morgan fingerprint density at radius 2 is 1.24 bits per heavy atom. The first-order chi connectivity index (χ1) is 17.3. The standard InChI is InChI=1S/C23H20N4O8S2/c1-14-20(22(28)26(24-14)16-6-10-18(11-7-16)36(30,31)32)4-3-5-21-15(2)25-27(23(21)29)17-8-12-19(13-9-17)37(33,34)35/h3-13,24-25H,1H2,2H3,(H,30,31,32)(H,33,34,35)/p-2/b5-3-,20-4+. The first-order valence-electron chi connectivity index (χ1n) is 10.4. The molecular weight excluding hydrogens is 524 g/mol. The van der Waals surface area contributed by atoms with Crippen LogP contribution in [0.25, 0.3) is 30.1 Å². The zero-order valence-electron chi connectivity index (χ0n) is 19.0. The summed E-state index contributed by atoms with van der Waals surface area (Å²) in [5.74, 6) is 0. The molecule has 0 spiro atoms. The van der Waals surface area contributed by atoms with Gasteiger partial charge in [-0.2, -0.15) is 0 Å². The van der Waals surface area contributed by atoms with Gasteiger partial charge >= 0.3 is 0 Å². The number of allylic oxidation sites excluding steroid dienone is 1. The van der Waals surface area contributed by atoms with Crippen LogP contribution >= 0.6 is 0 Å². The van der Waals surface area contributed by atoms with E-state index in [2.05, 4.69) is 16.8 Å². The zero-order chi connectivity index (χ0) is 27.1. The smallest absolute Gasteiger partial charge is 0.279 e. The van der Waals surface area contributed by atoms with Crippen molar-refractivity contribution in [3.05, 3.63) is 97.1 Å². The molecule has 4 rings (SSSR count). The number of aromatic amines is 2. The number of aromatic nitrogens is 4. The molecule has 2 aromatic heterocycles. The van der Waals surface area contributed by atoms with Crippen LogP contribution in [-0.2, 0) is 20.2 Å². The third-order valence-corrected chi connectivity index (χ3v) is 7.11. The van der Waals surface area contributed by atoms with Gasteiger partial charge in [-0.1, -0.05) is 12.7 Å². The first kappa shape index (κ1) is 25.8. The van der Waals surface area contributed by atoms with Gasteiger partial charge in [0.15, 0.2) is 0 Å². The zero-order valence-corrected chi connectivity index (χ0v) is 20.7. The molecular formula is C23H18N4O8S2-2. The molecule has 14 heteroatoms. The fourth-order valence-corrected chi connectivity index (χ4v) is 4.49. The van der Waals surface area contributed by atoms with Gasteiger partial charge in [-0.15, -0.1) is 0 Å². The van der Waals surface area contributed by atoms with Crippen molar-refractivity contribution in [2.75, 3.05) is 0 Å². The summed E-state index contributed by atoms with van der Waals surface area (Å²) >= 11 is 0. The van der Waals surface area contributed by atoms with E-state index in [-0.39, 0.29) is 21.8 Å². The molecule has 12 nitrogen and oxygen atoms in total. The highest BCUT2D eigenvalue weighted by Crippen LogP contribution is 2.14. The van der Waals surface area contributed by atoms with Crippen LogP contribution in [0.1, 0.15) is 11.3 Å². The Bertz CT molecular complexity index is 1980. The SMILES string of the molecule is C=c1[nH]n(-c2ccc(S(=O)(=O)[O-])cc2)c(=O)/c1=C/C=C\c1c(C)[nH]n(-c2ccc(S(=O)(=O)[O-])cc2)c1=O. The van der Waals surface area contributed by atoms with Crippen LogP contribution in [0.2, 0.25) is 0 Å². The van der Waals surface area contributed by atoms with Gasteiger partial charge in [0.05, 0.1) is 37.3 Å². The lowest BCUT2D eigenvalue weighted by atomic mass is 10.2. The van der Waals surface area contributed by atoms with Crippen molar-refractivity contribution in [1.82, 2.24) is 19.6 Å². The van der Waals surface area contributed by atoms with Crippen molar-refractivity contribution < 1.29 is 25.9 Å². The summed E-state index contributed by atoms with van der Waals surface area (Å²) in [5.41, 5.74) is 0.413. The average molecular weight is 543 g/mol. The molecule has 0 atom stereocenters. The van der Waals surface area contributed by atoms with Crippen molar-refractivity contribution in [3.8, 4) is 11.4 Å². The number of benzene rings is 2. The van der Waals surface area contributed by atoms with E-state index in [1.165, 1.54) is 47.2 Å². The third-order valence-electron chi connectivity index (χ3n) is 5.42. The lowest BCUT2D eigenvalue weighted by molar-refractivity contribution is 0.461. The Kier molecular flexibility index (Phi) is 6.51. The van der Waals surface area contributed by atoms with Gasteiger partial charge in [-0.3, -0.25) is 19.8 Å². The first-order valence-corrected chi connectivity index (χ1v) is 13.2. The van der Waals surface area contributed by atoms with Crippen molar-refractivity contribution in [2.45, 2.75) is 16.7 Å². The summed E-state index contributed by atoms with van der Waals surface area (Å²) in [6.45, 7) is 5.44. The van der Waals surface area contributed by atoms with Gasteiger partial charge in [0.25, 0.3) is 11.1 Å². The van der Waals surface area contributed by atoms with E-state index in [9.17, 15) is 35.5 Å². The molecule has 2 N–H and O–H groups in total. The molecule has 37 heavy (non-hydrogen) atoms. The Morgan fingerprint density at radius 1 is 0.784 bits per heavy atom. The molecule has 0 saturated carbocycles. The van der Waals surface area contributed by atoms with Gasteiger partial charge in [0.1, 0.15) is 20.2 Å². The van der Waals surface area contributed by atoms with Crippen molar-refractivity contribution in [2.24, 2.45) is 0 Å². The molecule has 2 aromatic carbocycles. The Morgan fingerprint density at radius 3 is 1.70 bits per heavy atom. The van der Waals surface area contributed by atoms with Crippen LogP contribution in [0.3, 0.4) is 0 Å². The number of rotatable bonds is 6. The molecule has 4 aromatic rings. The number of nitrogens with one attached hydrogen (secondary N) is 2. The number of hydrogen-bond donors (Lipinski definition) is 2. The normalized spacial score (nSPS) is 13.0. The van der Waals surface area contributed by atoms with E-state index < -0.39 is 41.1 Å². The molecule has 0 aliphatic carbocycles. The maximum atomic E-state index is 12.9. The highest BCUT2D eigenvalue weighted by molar-refractivity contribution is 7.86. The molecule has 0 radical (unpaired) electrons. The van der Waals surface area contributed by atoms with Gasteiger partial charge < -0.3 is 9.11 Å². The quantitative estimate of drug-likeness (QED) is 0.309. The fourth-order valence-electron chi connectivity index (χ4n) is 3.55. The Labute approximate surface area is 209 Å². The van der Waals surface area contributed by atoms with Crippen molar-refractivity contribution in [3.63, 3.8) is 0 Å². The maximum absolute atomic E-state index is 12.9. The minimum atomic E-state index is -4.63. The van der Waals surface area contributed by atoms with Crippen LogP contribution in [0.5, 0.6) is 0 Å². The van der Waals surface area contributed by atoms with Gasteiger partial charge in [-0.05, 0) is 67.6 Å². The van der Waals surface area contributed by atoms with E-state index in [0.29, 0.717) is 11.4 Å². The predicted molar refractivity (Wildman–Crippen MR) is 132 cm³/mol. The summed E-state index contributed by atoms with van der Waals surface area (Å²) in [6, 6.07) is 9.61. The highest BCUT2D eigenvalue weighted by Gasteiger charge is 2.11. The molecule has 0 amide bonds. The van der Waals surface area contributed by atoms with E-state index in [0.717, 1.165) is 28.9 Å². The van der Waals surface area contributed by atoms with Crippen LogP contribution < -0.4 is 21.7 Å². The highest BCUT2D eigenvalue weighted by atomic mass is 32.2. The predicted octanol–water partition coefficient (Wildman–Crippen LogP) is -0.335. The number of nitrogens with zero attached hydrogens (tertiary/aromatic N) is 2. The molecule has 0 fully saturated rings. The minimum Gasteiger partial charge on any atom is -0.744 e. The maximum Gasteiger partial charge on any atom is 0.279 e. The molecule has 0 aliphatic heterocycles. The van der Waals surface area contributed by atoms with Crippen LogP contribution in [0, 0.1) is 6.92 Å². The average Bonchev–Trinajstić information content (AvgIpc) is 3.28. The third kappa shape index (κ3) is 5.17. The van der Waals surface area contributed by atoms with E-state index in [1.807, 2.05) is 0 Å². The molecule has 0 saturated heterocycles. The summed E-state index contributed by atoms with van der Waals surface area (Å²) in [7, 11) is -9.24. The number of aryl methyl sites for hydroxylation is 1. The molecule has 0 aliphatic rings. The van der Waals surface area contributed by atoms with E-state index in [1.54, 1.807) is 6.92 Å². The molecule has 192 valence electrons. The number of hydrogen-bond acceptors (Lipinski definition) is 8. The topological polar surface area (TPSA) is 190 Å². The monoisotopic (exact) mass is 542 g/mol. The van der Waals surface area contributed by atoms with E-state index >= 15 is 0 Å². The molecule has 2 heterocycles. The van der Waals surface area contributed by atoms with Gasteiger partial charge in [0, 0.05) is 5.69 Å².